The number of fused-ring (bicyclic) bond motifs is 2. The number of nitrogens with zero attached hydrogens (tertiary/aromatic N) is 4. The Hall–Kier alpha value is -5.02. The van der Waals surface area contributed by atoms with Crippen LogP contribution in [0.4, 0.5) is 10.5 Å². The van der Waals surface area contributed by atoms with E-state index >= 15 is 0 Å². The summed E-state index contributed by atoms with van der Waals surface area (Å²) in [6.07, 6.45) is -0.266. The van der Waals surface area contributed by atoms with Gasteiger partial charge in [0.2, 0.25) is 0 Å². The first kappa shape index (κ1) is 31.6. The van der Waals surface area contributed by atoms with Crippen LogP contribution in [0.15, 0.2) is 84.9 Å². The van der Waals surface area contributed by atoms with Crippen LogP contribution in [0.25, 0.3) is 22.2 Å². The van der Waals surface area contributed by atoms with Gasteiger partial charge in [0, 0.05) is 54.6 Å². The monoisotopic (exact) mass is 663 g/mol. The van der Waals surface area contributed by atoms with Gasteiger partial charge in [0.1, 0.15) is 23.2 Å². The molecule has 2 aliphatic rings. The number of imidazole rings is 1. The Morgan fingerprint density at radius 3 is 2.35 bits per heavy atom. The predicted molar refractivity (Wildman–Crippen MR) is 188 cm³/mol. The molecule has 0 saturated carbocycles. The maximum absolute atomic E-state index is 14.2. The Bertz CT molecular complexity index is 1960. The van der Waals surface area contributed by atoms with Crippen molar-refractivity contribution in [3.63, 3.8) is 0 Å². The van der Waals surface area contributed by atoms with E-state index in [1.165, 1.54) is 0 Å². The molecule has 9 nitrogen and oxygen atoms in total. The zero-order chi connectivity index (χ0) is 33.6. The van der Waals surface area contributed by atoms with Crippen molar-refractivity contribution in [3.8, 4) is 16.9 Å². The first-order valence-electron chi connectivity index (χ1n) is 16.1. The first-order valence-corrected chi connectivity index (χ1v) is 16.5. The number of carbonyl (C=O) groups excluding carboxylic acids is 2. The Kier molecular flexibility index (Phi) is 8.25. The van der Waals surface area contributed by atoms with E-state index < -0.39 is 11.6 Å². The molecule has 3 heterocycles. The van der Waals surface area contributed by atoms with Gasteiger partial charge in [-0.3, -0.25) is 4.79 Å². The van der Waals surface area contributed by atoms with Gasteiger partial charge >= 0.3 is 6.09 Å². The molecule has 48 heavy (non-hydrogen) atoms. The molecule has 1 atom stereocenters. The molecular weight excluding hydrogens is 626 g/mol. The number of rotatable bonds is 6. The summed E-state index contributed by atoms with van der Waals surface area (Å²) in [5.74, 6) is 1.18. The highest BCUT2D eigenvalue weighted by atomic mass is 35.5. The number of anilines is 1. The smallest absolute Gasteiger partial charge is 0.410 e. The van der Waals surface area contributed by atoms with E-state index in [4.69, 9.17) is 26.1 Å². The van der Waals surface area contributed by atoms with Crippen molar-refractivity contribution in [2.75, 3.05) is 38.2 Å². The SMILES string of the molecule is COc1ccc(Cl)cc1C(c1nc2ccccc2[nH]1)N1Cc2ccc(-c3ccc(N4CCN(C(=O)OC(C)(C)C)CC4)cc3)cc2C1=O. The average molecular weight is 664 g/mol. The van der Waals surface area contributed by atoms with Crippen molar-refractivity contribution < 1.29 is 19.1 Å². The average Bonchev–Trinajstić information content (AvgIpc) is 3.65. The predicted octanol–water partition coefficient (Wildman–Crippen LogP) is 7.69. The van der Waals surface area contributed by atoms with Crippen molar-refractivity contribution in [2.24, 2.45) is 0 Å². The van der Waals surface area contributed by atoms with Gasteiger partial charge in [-0.15, -0.1) is 0 Å². The molecule has 1 aromatic heterocycles. The van der Waals surface area contributed by atoms with Crippen molar-refractivity contribution in [1.82, 2.24) is 19.8 Å². The molecule has 1 saturated heterocycles. The molecule has 2 amide bonds. The maximum Gasteiger partial charge on any atom is 0.410 e. The van der Waals surface area contributed by atoms with Crippen LogP contribution in [0.1, 0.15) is 54.1 Å². The molecule has 1 unspecified atom stereocenters. The first-order chi connectivity index (χ1) is 23.1. The van der Waals surface area contributed by atoms with E-state index in [0.717, 1.165) is 52.1 Å². The molecule has 0 aliphatic carbocycles. The van der Waals surface area contributed by atoms with E-state index in [0.29, 0.717) is 41.8 Å². The lowest BCUT2D eigenvalue weighted by atomic mass is 10.00. The number of halogens is 1. The van der Waals surface area contributed by atoms with Crippen LogP contribution in [0.2, 0.25) is 5.02 Å². The van der Waals surface area contributed by atoms with Crippen LogP contribution in [0.5, 0.6) is 5.75 Å². The second-order valence-electron chi connectivity index (χ2n) is 13.2. The third kappa shape index (κ3) is 6.18. The minimum absolute atomic E-state index is 0.0844. The highest BCUT2D eigenvalue weighted by Crippen LogP contribution is 2.41. The summed E-state index contributed by atoms with van der Waals surface area (Å²) in [5.41, 5.74) is 6.64. The van der Waals surface area contributed by atoms with Gasteiger partial charge in [0.15, 0.2) is 0 Å². The quantitative estimate of drug-likeness (QED) is 0.200. The van der Waals surface area contributed by atoms with Crippen molar-refractivity contribution in [3.05, 3.63) is 112 Å². The number of H-pyrrole nitrogens is 1. The fourth-order valence-corrected chi connectivity index (χ4v) is 6.71. The molecular formula is C38H38ClN5O4. The third-order valence-corrected chi connectivity index (χ3v) is 9.14. The van der Waals surface area contributed by atoms with Gasteiger partial charge in [-0.2, -0.15) is 0 Å². The number of benzene rings is 4. The van der Waals surface area contributed by atoms with Gasteiger partial charge in [-0.25, -0.2) is 9.78 Å². The maximum atomic E-state index is 14.2. The Morgan fingerprint density at radius 2 is 1.65 bits per heavy atom. The Morgan fingerprint density at radius 1 is 0.917 bits per heavy atom. The van der Waals surface area contributed by atoms with E-state index in [9.17, 15) is 9.59 Å². The van der Waals surface area contributed by atoms with E-state index in [1.807, 2.05) is 74.2 Å². The molecule has 5 aromatic rings. The minimum Gasteiger partial charge on any atom is -0.496 e. The van der Waals surface area contributed by atoms with Crippen molar-refractivity contribution in [1.29, 1.82) is 0 Å². The summed E-state index contributed by atoms with van der Waals surface area (Å²) in [7, 11) is 1.62. The van der Waals surface area contributed by atoms with Gasteiger partial charge in [0.05, 0.1) is 18.1 Å². The highest BCUT2D eigenvalue weighted by Gasteiger charge is 2.38. The summed E-state index contributed by atoms with van der Waals surface area (Å²) in [4.78, 5) is 40.9. The summed E-state index contributed by atoms with van der Waals surface area (Å²) >= 11 is 6.49. The van der Waals surface area contributed by atoms with E-state index in [2.05, 4.69) is 40.2 Å². The molecule has 1 fully saturated rings. The molecule has 246 valence electrons. The summed E-state index contributed by atoms with van der Waals surface area (Å²) in [5, 5.41) is 0.548. The molecule has 0 radical (unpaired) electrons. The van der Waals surface area contributed by atoms with Gasteiger partial charge < -0.3 is 29.2 Å². The summed E-state index contributed by atoms with van der Waals surface area (Å²) in [6.45, 7) is 8.73. The summed E-state index contributed by atoms with van der Waals surface area (Å²) < 4.78 is 11.3. The molecule has 0 spiro atoms. The summed E-state index contributed by atoms with van der Waals surface area (Å²) in [6, 6.07) is 27.2. The lowest BCUT2D eigenvalue weighted by molar-refractivity contribution is 0.0240. The van der Waals surface area contributed by atoms with Crippen LogP contribution >= 0.6 is 11.6 Å². The van der Waals surface area contributed by atoms with Gasteiger partial charge in [-0.1, -0.05) is 48.0 Å². The number of para-hydroxylation sites is 2. The number of ether oxygens (including phenoxy) is 2. The number of hydrogen-bond acceptors (Lipinski definition) is 6. The molecule has 10 heteroatoms. The minimum atomic E-state index is -0.551. The van der Waals surface area contributed by atoms with E-state index in [1.54, 1.807) is 18.1 Å². The Labute approximate surface area is 285 Å². The number of methoxy groups -OCH3 is 1. The molecule has 1 N–H and O–H groups in total. The fraction of sp³-hybridized carbons (Fsp3) is 0.289. The van der Waals surface area contributed by atoms with Crippen LogP contribution in [-0.4, -0.2) is 70.7 Å². The van der Waals surface area contributed by atoms with Gasteiger partial charge in [-0.05, 0) is 86.0 Å². The van der Waals surface area contributed by atoms with Crippen LogP contribution < -0.4 is 9.64 Å². The van der Waals surface area contributed by atoms with Gasteiger partial charge in [0.25, 0.3) is 5.91 Å². The topological polar surface area (TPSA) is 91.0 Å². The lowest BCUT2D eigenvalue weighted by Crippen LogP contribution is -2.50. The fourth-order valence-electron chi connectivity index (χ4n) is 6.53. The normalized spacial score (nSPS) is 15.5. The number of hydrogen-bond donors (Lipinski definition) is 1. The number of amides is 2. The molecule has 7 rings (SSSR count). The highest BCUT2D eigenvalue weighted by molar-refractivity contribution is 6.30. The number of carbonyl (C=O) groups is 2. The number of piperazine rings is 1. The second-order valence-corrected chi connectivity index (χ2v) is 13.7. The molecule has 4 aromatic carbocycles. The van der Waals surface area contributed by atoms with E-state index in [-0.39, 0.29) is 12.0 Å². The second kappa shape index (κ2) is 12.5. The largest absolute Gasteiger partial charge is 0.496 e. The standard InChI is InChI=1S/C38H38ClN5O4/c1-38(2,3)48-37(46)43-19-17-42(18-20-43)28-14-11-24(12-15-28)25-9-10-26-23-44(36(45)29(26)21-25)34(30-22-27(39)13-16-33(30)47-4)35-40-31-7-5-6-8-32(31)41-35/h5-16,21-22,34H,17-20,23H2,1-4H3,(H,40,41). The third-order valence-electron chi connectivity index (χ3n) is 8.90. The number of aromatic nitrogens is 2. The zero-order valence-corrected chi connectivity index (χ0v) is 28.3. The zero-order valence-electron chi connectivity index (χ0n) is 27.5. The molecule has 2 aliphatic heterocycles. The lowest BCUT2D eigenvalue weighted by Gasteiger charge is -2.36. The molecule has 0 bridgehead atoms. The van der Waals surface area contributed by atoms with Crippen molar-refractivity contribution in [2.45, 2.75) is 39.0 Å². The number of aromatic amines is 1. The Balaban J connectivity index is 1.12. The van der Waals surface area contributed by atoms with Crippen LogP contribution in [-0.2, 0) is 11.3 Å². The van der Waals surface area contributed by atoms with Crippen molar-refractivity contribution >= 4 is 40.3 Å². The number of nitrogens with one attached hydrogen (secondary N) is 1. The van der Waals surface area contributed by atoms with Crippen LogP contribution in [0, 0.1) is 0 Å². The van der Waals surface area contributed by atoms with Crippen LogP contribution in [0.3, 0.4) is 0 Å².